The van der Waals surface area contributed by atoms with Crippen LogP contribution in [-0.4, -0.2) is 28.4 Å². The van der Waals surface area contributed by atoms with Crippen LogP contribution >= 0.6 is 0 Å². The van der Waals surface area contributed by atoms with E-state index in [2.05, 4.69) is 18.0 Å². The molecule has 0 amide bonds. The van der Waals surface area contributed by atoms with E-state index in [1.54, 1.807) is 0 Å². The van der Waals surface area contributed by atoms with Gasteiger partial charge in [0.2, 0.25) is 0 Å². The van der Waals surface area contributed by atoms with Crippen molar-refractivity contribution < 1.29 is 9.84 Å². The molecule has 0 aromatic carbocycles. The molecule has 1 aromatic heterocycles. The van der Waals surface area contributed by atoms with Crippen LogP contribution in [0.1, 0.15) is 37.9 Å². The Kier molecular flexibility index (Phi) is 3.79. The summed E-state index contributed by atoms with van der Waals surface area (Å²) in [6, 6.07) is 4.08. The molecule has 1 aliphatic heterocycles. The van der Waals surface area contributed by atoms with Crippen molar-refractivity contribution in [1.29, 1.82) is 0 Å². The number of ether oxygens (including phenoxy) is 1. The van der Waals surface area contributed by atoms with E-state index in [0.717, 1.165) is 31.6 Å². The lowest BCUT2D eigenvalue weighted by Crippen LogP contribution is -2.40. The highest BCUT2D eigenvalue weighted by Gasteiger charge is 2.37. The maximum Gasteiger partial charge on any atom is 0.0916 e. The number of pyridine rings is 1. The van der Waals surface area contributed by atoms with Gasteiger partial charge in [-0.2, -0.15) is 0 Å². The van der Waals surface area contributed by atoms with Crippen LogP contribution in [0.2, 0.25) is 0 Å². The first-order chi connectivity index (χ1) is 8.14. The molecule has 0 radical (unpaired) electrons. The van der Waals surface area contributed by atoms with Gasteiger partial charge in [-0.3, -0.25) is 4.98 Å². The summed E-state index contributed by atoms with van der Waals surface area (Å²) in [4.78, 5) is 4.38. The van der Waals surface area contributed by atoms with E-state index in [1.165, 1.54) is 5.56 Å². The standard InChI is InChI=1S/C14H21NO2/c1-3-11-5-6-12(15-10-11)9-13(16)14(2)7-4-8-17-14/h5-6,10,13,16H,3-4,7-9H2,1-2H3. The van der Waals surface area contributed by atoms with Crippen molar-refractivity contribution in [3.8, 4) is 0 Å². The predicted octanol–water partition coefficient (Wildman–Crippen LogP) is 2.12. The Balaban J connectivity index is 1.99. The third kappa shape index (κ3) is 2.85. The zero-order valence-electron chi connectivity index (χ0n) is 10.6. The van der Waals surface area contributed by atoms with Crippen molar-refractivity contribution >= 4 is 0 Å². The van der Waals surface area contributed by atoms with Crippen LogP contribution < -0.4 is 0 Å². The normalized spacial score (nSPS) is 26.1. The molecule has 1 fully saturated rings. The molecule has 0 saturated carbocycles. The molecule has 0 aliphatic carbocycles. The Labute approximate surface area is 103 Å². The number of nitrogens with zero attached hydrogens (tertiary/aromatic N) is 1. The first kappa shape index (κ1) is 12.5. The zero-order chi connectivity index (χ0) is 12.3. The van der Waals surface area contributed by atoms with Crippen molar-refractivity contribution in [3.05, 3.63) is 29.6 Å². The largest absolute Gasteiger partial charge is 0.390 e. The summed E-state index contributed by atoms with van der Waals surface area (Å²) in [6.07, 6.45) is 4.96. The van der Waals surface area contributed by atoms with Crippen molar-refractivity contribution in [2.75, 3.05) is 6.61 Å². The van der Waals surface area contributed by atoms with Gasteiger partial charge >= 0.3 is 0 Å². The van der Waals surface area contributed by atoms with Crippen LogP contribution in [0.25, 0.3) is 0 Å². The second kappa shape index (κ2) is 5.15. The summed E-state index contributed by atoms with van der Waals surface area (Å²) in [5.74, 6) is 0. The number of hydrogen-bond donors (Lipinski definition) is 1. The number of aryl methyl sites for hydroxylation is 1. The van der Waals surface area contributed by atoms with Gasteiger partial charge in [0.15, 0.2) is 0 Å². The molecule has 1 aromatic rings. The molecule has 1 N–H and O–H groups in total. The van der Waals surface area contributed by atoms with E-state index in [1.807, 2.05) is 19.2 Å². The average molecular weight is 235 g/mol. The predicted molar refractivity (Wildman–Crippen MR) is 66.9 cm³/mol. The summed E-state index contributed by atoms with van der Waals surface area (Å²) < 4.78 is 5.64. The Morgan fingerprint density at radius 1 is 1.53 bits per heavy atom. The lowest BCUT2D eigenvalue weighted by atomic mass is 9.92. The molecule has 2 rings (SSSR count). The van der Waals surface area contributed by atoms with Gasteiger partial charge in [-0.1, -0.05) is 13.0 Å². The van der Waals surface area contributed by atoms with E-state index in [0.29, 0.717) is 6.42 Å². The molecule has 2 heterocycles. The van der Waals surface area contributed by atoms with Crippen molar-refractivity contribution in [2.45, 2.75) is 51.2 Å². The molecule has 3 nitrogen and oxygen atoms in total. The van der Waals surface area contributed by atoms with Gasteiger partial charge in [0.05, 0.1) is 11.7 Å². The van der Waals surface area contributed by atoms with Crippen molar-refractivity contribution in [2.24, 2.45) is 0 Å². The van der Waals surface area contributed by atoms with Crippen molar-refractivity contribution in [1.82, 2.24) is 4.98 Å². The maximum atomic E-state index is 10.2. The number of aromatic nitrogens is 1. The highest BCUT2D eigenvalue weighted by Crippen LogP contribution is 2.29. The number of rotatable bonds is 4. The SMILES string of the molecule is CCc1ccc(CC(O)C2(C)CCCO2)nc1. The molecule has 1 saturated heterocycles. The summed E-state index contributed by atoms with van der Waals surface area (Å²) >= 11 is 0. The van der Waals surface area contributed by atoms with Gasteiger partial charge < -0.3 is 9.84 Å². The maximum absolute atomic E-state index is 10.2. The van der Waals surface area contributed by atoms with E-state index >= 15 is 0 Å². The fourth-order valence-electron chi connectivity index (χ4n) is 2.26. The first-order valence-corrected chi connectivity index (χ1v) is 6.40. The van der Waals surface area contributed by atoms with Gasteiger partial charge in [-0.25, -0.2) is 0 Å². The third-order valence-corrected chi connectivity index (χ3v) is 3.65. The van der Waals surface area contributed by atoms with Crippen LogP contribution in [0, 0.1) is 0 Å². The van der Waals surface area contributed by atoms with E-state index in [9.17, 15) is 5.11 Å². The molecule has 17 heavy (non-hydrogen) atoms. The minimum Gasteiger partial charge on any atom is -0.390 e. The molecular formula is C14H21NO2. The average Bonchev–Trinajstić information content (AvgIpc) is 2.78. The number of aliphatic hydroxyl groups excluding tert-OH is 1. The first-order valence-electron chi connectivity index (χ1n) is 6.40. The van der Waals surface area contributed by atoms with Crippen LogP contribution in [0.3, 0.4) is 0 Å². The lowest BCUT2D eigenvalue weighted by Gasteiger charge is -2.29. The minimum absolute atomic E-state index is 0.384. The fourth-order valence-corrected chi connectivity index (χ4v) is 2.26. The van der Waals surface area contributed by atoms with Gasteiger partial charge in [-0.05, 0) is 37.8 Å². The van der Waals surface area contributed by atoms with Crippen LogP contribution in [-0.2, 0) is 17.6 Å². The van der Waals surface area contributed by atoms with Crippen LogP contribution in [0.15, 0.2) is 18.3 Å². The molecule has 2 atom stereocenters. The molecule has 94 valence electrons. The highest BCUT2D eigenvalue weighted by atomic mass is 16.5. The van der Waals surface area contributed by atoms with Crippen molar-refractivity contribution in [3.63, 3.8) is 0 Å². The Morgan fingerprint density at radius 3 is 2.88 bits per heavy atom. The minimum atomic E-state index is -0.468. The molecule has 0 bridgehead atoms. The molecule has 2 unspecified atom stereocenters. The van der Waals surface area contributed by atoms with Gasteiger partial charge in [-0.15, -0.1) is 0 Å². The molecule has 1 aliphatic rings. The monoisotopic (exact) mass is 235 g/mol. The number of aliphatic hydroxyl groups is 1. The summed E-state index contributed by atoms with van der Waals surface area (Å²) in [5.41, 5.74) is 1.78. The zero-order valence-corrected chi connectivity index (χ0v) is 10.6. The summed E-state index contributed by atoms with van der Waals surface area (Å²) in [5, 5.41) is 10.2. The molecular weight excluding hydrogens is 214 g/mol. The summed E-state index contributed by atoms with van der Waals surface area (Å²) in [6.45, 7) is 4.86. The van der Waals surface area contributed by atoms with E-state index in [4.69, 9.17) is 4.74 Å². The topological polar surface area (TPSA) is 42.4 Å². The second-order valence-electron chi connectivity index (χ2n) is 5.00. The van der Waals surface area contributed by atoms with Gasteiger partial charge in [0.1, 0.15) is 0 Å². The van der Waals surface area contributed by atoms with Gasteiger partial charge in [0.25, 0.3) is 0 Å². The quantitative estimate of drug-likeness (QED) is 0.869. The van der Waals surface area contributed by atoms with E-state index in [-0.39, 0.29) is 5.60 Å². The smallest absolute Gasteiger partial charge is 0.0916 e. The fraction of sp³-hybridized carbons (Fsp3) is 0.643. The second-order valence-corrected chi connectivity index (χ2v) is 5.00. The lowest BCUT2D eigenvalue weighted by molar-refractivity contribution is -0.0771. The number of hydrogen-bond acceptors (Lipinski definition) is 3. The Bertz CT molecular complexity index is 355. The van der Waals surface area contributed by atoms with Crippen LogP contribution in [0.4, 0.5) is 0 Å². The van der Waals surface area contributed by atoms with E-state index < -0.39 is 6.10 Å². The Hall–Kier alpha value is -0.930. The Morgan fingerprint density at radius 2 is 2.35 bits per heavy atom. The van der Waals surface area contributed by atoms with Gasteiger partial charge in [0, 0.05) is 24.9 Å². The molecule has 0 spiro atoms. The third-order valence-electron chi connectivity index (χ3n) is 3.65. The highest BCUT2D eigenvalue weighted by molar-refractivity contribution is 5.15. The molecule has 3 heteroatoms. The van der Waals surface area contributed by atoms with Crippen LogP contribution in [0.5, 0.6) is 0 Å². The summed E-state index contributed by atoms with van der Waals surface area (Å²) in [7, 11) is 0.